The molecular weight excluding hydrogens is 419 g/mol. The zero-order valence-electron chi connectivity index (χ0n) is 15.2. The van der Waals surface area contributed by atoms with Crippen molar-refractivity contribution in [3.8, 4) is 17.0 Å². The lowest BCUT2D eigenvalue weighted by Gasteiger charge is -2.11. The predicted octanol–water partition coefficient (Wildman–Crippen LogP) is 4.70. The number of aromatic nitrogens is 2. The van der Waals surface area contributed by atoms with Crippen LogP contribution in [0, 0.1) is 0 Å². The van der Waals surface area contributed by atoms with Crippen LogP contribution in [0.4, 0.5) is 18.9 Å². The molecule has 0 bridgehead atoms. The molecule has 2 heterocycles. The Morgan fingerprint density at radius 1 is 0.967 bits per heavy atom. The lowest BCUT2D eigenvalue weighted by atomic mass is 10.1. The van der Waals surface area contributed by atoms with E-state index in [1.54, 1.807) is 24.3 Å². The predicted molar refractivity (Wildman–Crippen MR) is 105 cm³/mol. The average molecular weight is 433 g/mol. The summed E-state index contributed by atoms with van der Waals surface area (Å²) < 4.78 is 70.0. The Labute approximate surface area is 169 Å². The molecule has 0 atom stereocenters. The van der Waals surface area contributed by atoms with Crippen molar-refractivity contribution in [2.75, 3.05) is 4.72 Å². The Kier molecular flexibility index (Phi) is 4.86. The smallest absolute Gasteiger partial charge is 0.406 e. The fourth-order valence-corrected chi connectivity index (χ4v) is 3.90. The normalized spacial score (nSPS) is 12.1. The van der Waals surface area contributed by atoms with Crippen molar-refractivity contribution in [1.82, 2.24) is 9.38 Å². The zero-order valence-corrected chi connectivity index (χ0v) is 16.0. The molecule has 6 nitrogen and oxygen atoms in total. The summed E-state index contributed by atoms with van der Waals surface area (Å²) in [5, 5.41) is 0. The number of hydrogen-bond donors (Lipinski definition) is 1. The Hall–Kier alpha value is -3.53. The van der Waals surface area contributed by atoms with Crippen LogP contribution in [0.15, 0.2) is 84.0 Å². The maximum atomic E-state index is 12.6. The molecule has 30 heavy (non-hydrogen) atoms. The molecule has 2 aromatic heterocycles. The Balaban J connectivity index is 1.57. The van der Waals surface area contributed by atoms with Crippen molar-refractivity contribution >= 4 is 21.4 Å². The molecule has 0 unspecified atom stereocenters. The van der Waals surface area contributed by atoms with Gasteiger partial charge in [-0.2, -0.15) is 0 Å². The molecule has 0 saturated heterocycles. The van der Waals surface area contributed by atoms with Gasteiger partial charge in [0.25, 0.3) is 10.0 Å². The Bertz CT molecular complexity index is 1270. The second-order valence-corrected chi connectivity index (χ2v) is 7.98. The molecule has 0 aliphatic carbocycles. The van der Waals surface area contributed by atoms with E-state index in [9.17, 15) is 21.6 Å². The van der Waals surface area contributed by atoms with E-state index in [0.29, 0.717) is 16.9 Å². The van der Waals surface area contributed by atoms with E-state index in [2.05, 4.69) is 14.4 Å². The maximum Gasteiger partial charge on any atom is 0.573 e. The zero-order chi connectivity index (χ0) is 21.4. The van der Waals surface area contributed by atoms with Crippen LogP contribution in [-0.2, 0) is 10.0 Å². The van der Waals surface area contributed by atoms with Gasteiger partial charge in [-0.25, -0.2) is 13.4 Å². The molecule has 1 N–H and O–H groups in total. The number of ether oxygens (including phenoxy) is 1. The largest absolute Gasteiger partial charge is 0.573 e. The summed E-state index contributed by atoms with van der Waals surface area (Å²) in [7, 11) is -4.01. The van der Waals surface area contributed by atoms with Crippen LogP contribution in [0.25, 0.3) is 16.9 Å². The first-order valence-corrected chi connectivity index (χ1v) is 10.1. The fraction of sp³-hybridized carbons (Fsp3) is 0.0500. The summed E-state index contributed by atoms with van der Waals surface area (Å²) in [6.45, 7) is 0. The first-order valence-electron chi connectivity index (χ1n) is 8.62. The van der Waals surface area contributed by atoms with Gasteiger partial charge in [-0.15, -0.1) is 13.2 Å². The summed E-state index contributed by atoms with van der Waals surface area (Å²) in [5.41, 5.74) is 2.41. The molecule has 0 aliphatic heterocycles. The quantitative estimate of drug-likeness (QED) is 0.495. The summed E-state index contributed by atoms with van der Waals surface area (Å²) in [5.74, 6) is -0.504. The lowest BCUT2D eigenvalue weighted by Crippen LogP contribution is -2.17. The first kappa shape index (κ1) is 19.8. The number of sulfonamides is 1. The SMILES string of the molecule is O=S(=O)(Nc1cccc(-c2cn3ccccc3n2)c1)c1ccc(OC(F)(F)F)cc1. The molecule has 2 aromatic carbocycles. The standard InChI is InChI=1S/C20H14F3N3O3S/c21-20(22,23)29-16-7-9-17(10-8-16)30(27,28)25-15-5-3-4-14(12-15)18-13-26-11-2-1-6-19(26)24-18/h1-13,25H. The van der Waals surface area contributed by atoms with Gasteiger partial charge >= 0.3 is 6.36 Å². The van der Waals surface area contributed by atoms with Gasteiger partial charge in [-0.05, 0) is 48.5 Å². The van der Waals surface area contributed by atoms with Crippen LogP contribution < -0.4 is 9.46 Å². The molecule has 0 aliphatic rings. The third-order valence-electron chi connectivity index (χ3n) is 4.14. The van der Waals surface area contributed by atoms with Crippen LogP contribution in [0.2, 0.25) is 0 Å². The van der Waals surface area contributed by atoms with Crippen molar-refractivity contribution < 1.29 is 26.3 Å². The highest BCUT2D eigenvalue weighted by molar-refractivity contribution is 7.92. The van der Waals surface area contributed by atoms with Gasteiger partial charge in [-0.3, -0.25) is 4.72 Å². The minimum absolute atomic E-state index is 0.199. The number of halogens is 3. The van der Waals surface area contributed by atoms with Gasteiger partial charge in [0.05, 0.1) is 10.6 Å². The monoisotopic (exact) mass is 433 g/mol. The van der Waals surface area contributed by atoms with E-state index in [0.717, 1.165) is 29.9 Å². The van der Waals surface area contributed by atoms with E-state index in [1.807, 2.05) is 35.0 Å². The number of rotatable bonds is 5. The average Bonchev–Trinajstić information content (AvgIpc) is 3.11. The van der Waals surface area contributed by atoms with Gasteiger partial charge in [0.1, 0.15) is 11.4 Å². The molecule has 0 spiro atoms. The van der Waals surface area contributed by atoms with E-state index in [4.69, 9.17) is 0 Å². The molecule has 0 amide bonds. The second kappa shape index (κ2) is 7.38. The topological polar surface area (TPSA) is 72.7 Å². The van der Waals surface area contributed by atoms with Crippen LogP contribution in [0.1, 0.15) is 0 Å². The molecule has 4 rings (SSSR count). The van der Waals surface area contributed by atoms with Gasteiger partial charge in [0.2, 0.25) is 0 Å². The first-order chi connectivity index (χ1) is 14.2. The number of nitrogens with zero attached hydrogens (tertiary/aromatic N) is 2. The summed E-state index contributed by atoms with van der Waals surface area (Å²) in [6, 6.07) is 16.2. The second-order valence-electron chi connectivity index (χ2n) is 6.30. The number of nitrogens with one attached hydrogen (secondary N) is 1. The molecule has 0 saturated carbocycles. The highest BCUT2D eigenvalue weighted by Gasteiger charge is 2.31. The van der Waals surface area contributed by atoms with Crippen LogP contribution in [-0.4, -0.2) is 24.2 Å². The Morgan fingerprint density at radius 2 is 1.73 bits per heavy atom. The van der Waals surface area contributed by atoms with Crippen LogP contribution >= 0.6 is 0 Å². The minimum atomic E-state index is -4.85. The van der Waals surface area contributed by atoms with Crippen molar-refractivity contribution in [2.24, 2.45) is 0 Å². The molecule has 0 fully saturated rings. The third-order valence-corrected chi connectivity index (χ3v) is 5.54. The van der Waals surface area contributed by atoms with E-state index in [-0.39, 0.29) is 4.90 Å². The summed E-state index contributed by atoms with van der Waals surface area (Å²) in [4.78, 5) is 4.30. The lowest BCUT2D eigenvalue weighted by molar-refractivity contribution is -0.274. The number of alkyl halides is 3. The summed E-state index contributed by atoms with van der Waals surface area (Å²) in [6.07, 6.45) is -1.18. The Morgan fingerprint density at radius 3 is 2.43 bits per heavy atom. The van der Waals surface area contributed by atoms with E-state index < -0.39 is 22.1 Å². The molecular formula is C20H14F3N3O3S. The molecule has 0 radical (unpaired) electrons. The summed E-state index contributed by atoms with van der Waals surface area (Å²) >= 11 is 0. The number of imidazole rings is 1. The fourth-order valence-electron chi connectivity index (χ4n) is 2.85. The van der Waals surface area contributed by atoms with Crippen molar-refractivity contribution in [3.63, 3.8) is 0 Å². The third kappa shape index (κ3) is 4.38. The number of pyridine rings is 1. The number of hydrogen-bond acceptors (Lipinski definition) is 4. The highest BCUT2D eigenvalue weighted by atomic mass is 32.2. The van der Waals surface area contributed by atoms with Crippen molar-refractivity contribution in [2.45, 2.75) is 11.3 Å². The maximum absolute atomic E-state index is 12.6. The minimum Gasteiger partial charge on any atom is -0.406 e. The number of anilines is 1. The van der Waals surface area contributed by atoms with Crippen LogP contribution in [0.3, 0.4) is 0 Å². The van der Waals surface area contributed by atoms with Crippen molar-refractivity contribution in [3.05, 3.63) is 79.1 Å². The van der Waals surface area contributed by atoms with E-state index in [1.165, 1.54) is 0 Å². The van der Waals surface area contributed by atoms with Gasteiger partial charge in [0, 0.05) is 23.6 Å². The van der Waals surface area contributed by atoms with Crippen LogP contribution in [0.5, 0.6) is 5.75 Å². The van der Waals surface area contributed by atoms with Gasteiger partial charge in [0.15, 0.2) is 0 Å². The number of fused-ring (bicyclic) bond motifs is 1. The highest BCUT2D eigenvalue weighted by Crippen LogP contribution is 2.26. The van der Waals surface area contributed by atoms with Gasteiger partial charge < -0.3 is 9.14 Å². The van der Waals surface area contributed by atoms with E-state index >= 15 is 0 Å². The number of benzene rings is 2. The molecule has 154 valence electrons. The van der Waals surface area contributed by atoms with Crippen molar-refractivity contribution in [1.29, 1.82) is 0 Å². The molecule has 4 aromatic rings. The van der Waals surface area contributed by atoms with Gasteiger partial charge in [-0.1, -0.05) is 18.2 Å². The molecule has 10 heteroatoms.